The summed E-state index contributed by atoms with van der Waals surface area (Å²) in [6.45, 7) is 6.74. The van der Waals surface area contributed by atoms with Crippen molar-refractivity contribution in [3.63, 3.8) is 0 Å². The van der Waals surface area contributed by atoms with Gasteiger partial charge in [-0.25, -0.2) is 9.67 Å². The summed E-state index contributed by atoms with van der Waals surface area (Å²) in [5, 5.41) is 8.49. The summed E-state index contributed by atoms with van der Waals surface area (Å²) in [4.78, 5) is 6.91. The number of rotatable bonds is 2. The molecule has 0 radical (unpaired) electrons. The Hall–Kier alpha value is -1.49. The van der Waals surface area contributed by atoms with Crippen molar-refractivity contribution in [2.24, 2.45) is 0 Å². The van der Waals surface area contributed by atoms with E-state index in [0.29, 0.717) is 12.1 Å². The smallest absolute Gasteiger partial charge is 0.178 e. The van der Waals surface area contributed by atoms with Gasteiger partial charge in [0.15, 0.2) is 5.65 Å². The number of hydrogen-bond acceptors (Lipinski definition) is 4. The maximum absolute atomic E-state index is 4.41. The molecule has 0 saturated carbocycles. The monoisotopic (exact) mass is 245 g/mol. The van der Waals surface area contributed by atoms with Crippen molar-refractivity contribution in [3.05, 3.63) is 18.3 Å². The standard InChI is InChI=1S/C13H19N5/c1-10(2)17-8-4-5-11(9-17)18-13-12(15-16-18)6-3-7-14-13/h3,6-7,10-11H,4-5,8-9H2,1-2H3. The number of hydrogen-bond donors (Lipinski definition) is 0. The molecule has 1 saturated heterocycles. The van der Waals surface area contributed by atoms with Crippen LogP contribution in [0.25, 0.3) is 11.2 Å². The summed E-state index contributed by atoms with van der Waals surface area (Å²) in [5.41, 5.74) is 1.80. The quantitative estimate of drug-likeness (QED) is 0.810. The highest BCUT2D eigenvalue weighted by Crippen LogP contribution is 2.24. The van der Waals surface area contributed by atoms with Gasteiger partial charge in [0.1, 0.15) is 5.52 Å². The highest BCUT2D eigenvalue weighted by atomic mass is 15.5. The first kappa shape index (κ1) is 11.6. The molecule has 0 spiro atoms. The summed E-state index contributed by atoms with van der Waals surface area (Å²) in [6, 6.07) is 4.87. The van der Waals surface area contributed by atoms with Gasteiger partial charge in [0.05, 0.1) is 6.04 Å². The zero-order chi connectivity index (χ0) is 12.5. The number of aromatic nitrogens is 4. The van der Waals surface area contributed by atoms with Crippen molar-refractivity contribution in [2.75, 3.05) is 13.1 Å². The van der Waals surface area contributed by atoms with Crippen molar-refractivity contribution in [3.8, 4) is 0 Å². The van der Waals surface area contributed by atoms with Gasteiger partial charge in [-0.3, -0.25) is 4.90 Å². The molecule has 1 fully saturated rings. The van der Waals surface area contributed by atoms with Gasteiger partial charge < -0.3 is 0 Å². The van der Waals surface area contributed by atoms with Crippen molar-refractivity contribution < 1.29 is 0 Å². The molecule has 3 heterocycles. The van der Waals surface area contributed by atoms with Crippen LogP contribution < -0.4 is 0 Å². The molecular weight excluding hydrogens is 226 g/mol. The largest absolute Gasteiger partial charge is 0.299 e. The average Bonchev–Trinajstić information content (AvgIpc) is 2.82. The molecule has 18 heavy (non-hydrogen) atoms. The Kier molecular flexibility index (Phi) is 2.99. The zero-order valence-corrected chi connectivity index (χ0v) is 11.0. The summed E-state index contributed by atoms with van der Waals surface area (Å²) >= 11 is 0. The molecule has 0 aliphatic carbocycles. The molecular formula is C13H19N5. The van der Waals surface area contributed by atoms with Crippen LogP contribution >= 0.6 is 0 Å². The topological polar surface area (TPSA) is 46.8 Å². The van der Waals surface area contributed by atoms with Crippen molar-refractivity contribution >= 4 is 11.2 Å². The van der Waals surface area contributed by atoms with Gasteiger partial charge in [-0.05, 0) is 45.4 Å². The molecule has 2 aromatic rings. The third-order valence-corrected chi connectivity index (χ3v) is 3.74. The fourth-order valence-electron chi connectivity index (χ4n) is 2.68. The van der Waals surface area contributed by atoms with Gasteiger partial charge in [0.25, 0.3) is 0 Å². The highest BCUT2D eigenvalue weighted by Gasteiger charge is 2.25. The second-order valence-electron chi connectivity index (χ2n) is 5.26. The Morgan fingerprint density at radius 1 is 1.39 bits per heavy atom. The van der Waals surface area contributed by atoms with Crippen molar-refractivity contribution in [1.29, 1.82) is 0 Å². The Balaban J connectivity index is 1.90. The minimum absolute atomic E-state index is 0.404. The van der Waals surface area contributed by atoms with Crippen molar-refractivity contribution in [2.45, 2.75) is 38.8 Å². The molecule has 1 atom stereocenters. The van der Waals surface area contributed by atoms with Crippen LogP contribution in [0.1, 0.15) is 32.7 Å². The molecule has 0 aromatic carbocycles. The van der Waals surface area contributed by atoms with E-state index in [0.717, 1.165) is 24.1 Å². The summed E-state index contributed by atoms with van der Waals surface area (Å²) < 4.78 is 2.00. The molecule has 5 nitrogen and oxygen atoms in total. The fourth-order valence-corrected chi connectivity index (χ4v) is 2.68. The normalized spacial score (nSPS) is 21.8. The van der Waals surface area contributed by atoms with Gasteiger partial charge in [0.2, 0.25) is 0 Å². The van der Waals surface area contributed by atoms with E-state index in [1.54, 1.807) is 0 Å². The van der Waals surface area contributed by atoms with E-state index in [4.69, 9.17) is 0 Å². The number of likely N-dealkylation sites (tertiary alicyclic amines) is 1. The Morgan fingerprint density at radius 2 is 2.28 bits per heavy atom. The summed E-state index contributed by atoms with van der Waals surface area (Å²) in [7, 11) is 0. The molecule has 3 rings (SSSR count). The molecule has 0 bridgehead atoms. The van der Waals surface area contributed by atoms with Crippen LogP contribution in [0.2, 0.25) is 0 Å². The van der Waals surface area contributed by atoms with E-state index >= 15 is 0 Å². The molecule has 1 aliphatic heterocycles. The zero-order valence-electron chi connectivity index (χ0n) is 11.0. The minimum atomic E-state index is 0.404. The van der Waals surface area contributed by atoms with E-state index in [1.165, 1.54) is 13.0 Å². The van der Waals surface area contributed by atoms with Gasteiger partial charge in [-0.15, -0.1) is 5.10 Å². The van der Waals surface area contributed by atoms with Gasteiger partial charge >= 0.3 is 0 Å². The van der Waals surface area contributed by atoms with Crippen LogP contribution in [-0.4, -0.2) is 44.0 Å². The Morgan fingerprint density at radius 3 is 3.11 bits per heavy atom. The second kappa shape index (κ2) is 4.65. The SMILES string of the molecule is CC(C)N1CCCC(n2nnc3cccnc32)C1. The third kappa shape index (κ3) is 1.99. The third-order valence-electron chi connectivity index (χ3n) is 3.74. The molecule has 0 amide bonds. The summed E-state index contributed by atoms with van der Waals surface area (Å²) in [6.07, 6.45) is 4.19. The first-order valence-electron chi connectivity index (χ1n) is 6.65. The number of nitrogens with zero attached hydrogens (tertiary/aromatic N) is 5. The number of fused-ring (bicyclic) bond motifs is 1. The van der Waals surface area contributed by atoms with E-state index in [1.807, 2.05) is 23.0 Å². The van der Waals surface area contributed by atoms with Crippen LogP contribution in [0.3, 0.4) is 0 Å². The Labute approximate surface area is 107 Å². The van der Waals surface area contributed by atoms with Gasteiger partial charge in [-0.2, -0.15) is 0 Å². The second-order valence-corrected chi connectivity index (χ2v) is 5.26. The van der Waals surface area contributed by atoms with E-state index in [2.05, 4.69) is 34.0 Å². The van der Waals surface area contributed by atoms with E-state index in [9.17, 15) is 0 Å². The van der Waals surface area contributed by atoms with Crippen LogP contribution in [0, 0.1) is 0 Å². The predicted octanol–water partition coefficient (Wildman–Crippen LogP) is 1.87. The number of piperidine rings is 1. The molecule has 5 heteroatoms. The van der Waals surface area contributed by atoms with Crippen LogP contribution in [0.5, 0.6) is 0 Å². The van der Waals surface area contributed by atoms with Crippen LogP contribution in [-0.2, 0) is 0 Å². The lowest BCUT2D eigenvalue weighted by Gasteiger charge is -2.35. The van der Waals surface area contributed by atoms with E-state index < -0.39 is 0 Å². The minimum Gasteiger partial charge on any atom is -0.299 e. The van der Waals surface area contributed by atoms with Crippen molar-refractivity contribution in [1.82, 2.24) is 24.9 Å². The van der Waals surface area contributed by atoms with Gasteiger partial charge in [-0.1, -0.05) is 5.21 Å². The van der Waals surface area contributed by atoms with Gasteiger partial charge in [0, 0.05) is 18.8 Å². The lowest BCUT2D eigenvalue weighted by Crippen LogP contribution is -2.41. The van der Waals surface area contributed by atoms with Crippen LogP contribution in [0.4, 0.5) is 0 Å². The molecule has 1 aliphatic rings. The average molecular weight is 245 g/mol. The molecule has 2 aromatic heterocycles. The first-order valence-corrected chi connectivity index (χ1v) is 6.65. The lowest BCUT2D eigenvalue weighted by atomic mass is 10.0. The molecule has 0 N–H and O–H groups in total. The fraction of sp³-hybridized carbons (Fsp3) is 0.615. The van der Waals surface area contributed by atoms with E-state index in [-0.39, 0.29) is 0 Å². The number of pyridine rings is 1. The molecule has 1 unspecified atom stereocenters. The molecule has 96 valence electrons. The maximum Gasteiger partial charge on any atom is 0.178 e. The summed E-state index contributed by atoms with van der Waals surface area (Å²) in [5.74, 6) is 0. The lowest BCUT2D eigenvalue weighted by molar-refractivity contribution is 0.138. The Bertz CT molecular complexity index is 533. The maximum atomic E-state index is 4.41. The first-order chi connectivity index (χ1) is 8.75. The van der Waals surface area contributed by atoms with Crippen LogP contribution in [0.15, 0.2) is 18.3 Å². The predicted molar refractivity (Wildman–Crippen MR) is 70.3 cm³/mol. The highest BCUT2D eigenvalue weighted by molar-refractivity contribution is 5.68.